The van der Waals surface area contributed by atoms with Gasteiger partial charge in [0.15, 0.2) is 0 Å². The summed E-state index contributed by atoms with van der Waals surface area (Å²) < 4.78 is 0. The second-order valence-electron chi connectivity index (χ2n) is 4.37. The van der Waals surface area contributed by atoms with Gasteiger partial charge in [-0.2, -0.15) is 30.3 Å². The fourth-order valence-electron chi connectivity index (χ4n) is 1.78. The number of carboxylic acids is 1. The number of aromatic nitrogens is 1. The van der Waals surface area contributed by atoms with Crippen molar-refractivity contribution in [2.75, 3.05) is 0 Å². The monoisotopic (exact) mass is 518 g/mol. The third-order valence-corrected chi connectivity index (χ3v) is 2.81. The van der Waals surface area contributed by atoms with Crippen LogP contribution < -0.4 is 23.1 Å². The van der Waals surface area contributed by atoms with Crippen molar-refractivity contribution in [2.24, 2.45) is 0 Å². The molecular formula is C18H13ClNO3Os-. The maximum atomic E-state index is 10.4. The molecule has 0 fully saturated rings. The number of pyridine rings is 1. The second kappa shape index (κ2) is 11.3. The number of halogens is 1. The zero-order chi connectivity index (χ0) is 15.8. The molecule has 1 N–H and O–H groups in total. The van der Waals surface area contributed by atoms with Gasteiger partial charge >= 0.3 is 19.8 Å². The van der Waals surface area contributed by atoms with Gasteiger partial charge in [-0.15, -0.1) is 5.56 Å². The van der Waals surface area contributed by atoms with Crippen LogP contribution in [0.1, 0.15) is 10.5 Å². The molecule has 124 valence electrons. The second-order valence-corrected chi connectivity index (χ2v) is 4.37. The Bertz CT molecular complexity index is 754. The van der Waals surface area contributed by atoms with E-state index in [1.54, 1.807) is 0 Å². The summed E-state index contributed by atoms with van der Waals surface area (Å²) in [5.74, 6) is -1.38. The van der Waals surface area contributed by atoms with Gasteiger partial charge in [0.05, 0.1) is 11.7 Å². The number of carbonyl (C=O) groups is 1. The van der Waals surface area contributed by atoms with Crippen molar-refractivity contribution >= 4 is 5.97 Å². The van der Waals surface area contributed by atoms with Gasteiger partial charge in [-0.25, -0.2) is 0 Å². The number of aromatic amines is 1. The Hall–Kier alpha value is -2.21. The average molecular weight is 517 g/mol. The molecule has 0 aliphatic heterocycles. The van der Waals surface area contributed by atoms with Crippen molar-refractivity contribution < 1.29 is 42.1 Å². The third-order valence-electron chi connectivity index (χ3n) is 2.81. The number of rotatable bonds is 2. The smallest absolute Gasteiger partial charge is 1.00 e. The van der Waals surface area contributed by atoms with Gasteiger partial charge in [0.2, 0.25) is 5.56 Å². The van der Waals surface area contributed by atoms with Gasteiger partial charge in [-0.3, -0.25) is 4.79 Å². The SMILES string of the molecule is O=C([O-])c1cccc(=O)[nH]1.[Cl-].[Os+2].[c-]1ccc(-c2ccccc2)cc1. The largest absolute Gasteiger partial charge is 2.00 e. The maximum absolute atomic E-state index is 10.4. The van der Waals surface area contributed by atoms with Crippen molar-refractivity contribution in [3.8, 4) is 11.1 Å². The molecule has 0 spiro atoms. The minimum Gasteiger partial charge on any atom is -1.00 e. The number of H-pyrrole nitrogens is 1. The summed E-state index contributed by atoms with van der Waals surface area (Å²) in [4.78, 5) is 22.6. The zero-order valence-electron chi connectivity index (χ0n) is 12.4. The standard InChI is InChI=1S/C12H9.C6H5NO3.ClH.Os/c1-3-7-11(8-4-1)12-9-5-2-6-10-12;8-5-3-1-2-4(7-5)6(9)10;;/h1,3-10H;1-3H,(H,7,8)(H,9,10);1H;/q-1;;;+2/p-2. The minimum absolute atomic E-state index is 0. The molecule has 1 heterocycles. The topological polar surface area (TPSA) is 73.0 Å². The van der Waals surface area contributed by atoms with Crippen LogP contribution in [0, 0.1) is 6.07 Å². The Morgan fingerprint density at radius 3 is 1.96 bits per heavy atom. The van der Waals surface area contributed by atoms with Crippen LogP contribution >= 0.6 is 0 Å². The van der Waals surface area contributed by atoms with Gasteiger partial charge in [0.25, 0.3) is 0 Å². The summed E-state index contributed by atoms with van der Waals surface area (Å²) in [5, 5.41) is 10.1. The van der Waals surface area contributed by atoms with Gasteiger partial charge in [-0.05, 0) is 11.6 Å². The molecular weight excluding hydrogens is 504 g/mol. The number of nitrogens with one attached hydrogen (secondary N) is 1. The van der Waals surface area contributed by atoms with E-state index in [9.17, 15) is 14.7 Å². The van der Waals surface area contributed by atoms with Crippen LogP contribution in [0.25, 0.3) is 11.1 Å². The predicted molar refractivity (Wildman–Crippen MR) is 82.1 cm³/mol. The molecule has 0 saturated carbocycles. The van der Waals surface area contributed by atoms with E-state index < -0.39 is 11.5 Å². The molecule has 0 saturated heterocycles. The van der Waals surface area contributed by atoms with Gasteiger partial charge in [0, 0.05) is 6.07 Å². The van der Waals surface area contributed by atoms with Crippen LogP contribution in [-0.2, 0) is 19.8 Å². The Labute approximate surface area is 159 Å². The van der Waals surface area contributed by atoms with Gasteiger partial charge in [-0.1, -0.05) is 36.4 Å². The van der Waals surface area contributed by atoms with Crippen LogP contribution in [0.15, 0.2) is 77.6 Å². The number of carbonyl (C=O) groups excluding carboxylic acids is 1. The molecule has 3 aromatic rings. The van der Waals surface area contributed by atoms with E-state index in [-0.39, 0.29) is 37.9 Å². The molecule has 24 heavy (non-hydrogen) atoms. The van der Waals surface area contributed by atoms with E-state index >= 15 is 0 Å². The average Bonchev–Trinajstić information content (AvgIpc) is 2.57. The Morgan fingerprint density at radius 2 is 1.46 bits per heavy atom. The number of hydrogen-bond donors (Lipinski definition) is 1. The first-order valence-corrected chi connectivity index (χ1v) is 6.59. The summed E-state index contributed by atoms with van der Waals surface area (Å²) >= 11 is 0. The molecule has 0 radical (unpaired) electrons. The third kappa shape index (κ3) is 6.91. The van der Waals surface area contributed by atoms with Gasteiger partial charge in [0.1, 0.15) is 0 Å². The molecule has 0 unspecified atom stereocenters. The van der Waals surface area contributed by atoms with Crippen LogP contribution in [0.4, 0.5) is 0 Å². The van der Waals surface area contributed by atoms with E-state index in [0.717, 1.165) is 0 Å². The summed E-state index contributed by atoms with van der Waals surface area (Å²) in [6.45, 7) is 0. The predicted octanol–water partition coefficient (Wildman–Crippen LogP) is -1.11. The summed E-state index contributed by atoms with van der Waals surface area (Å²) in [5.41, 5.74) is 1.86. The molecule has 0 aliphatic carbocycles. The van der Waals surface area contributed by atoms with Crippen molar-refractivity contribution in [1.82, 2.24) is 4.98 Å². The first kappa shape index (κ1) is 21.8. The number of hydrogen-bond acceptors (Lipinski definition) is 3. The Balaban J connectivity index is 0.000000413. The van der Waals surface area contributed by atoms with E-state index in [4.69, 9.17) is 0 Å². The minimum atomic E-state index is -1.38. The molecule has 0 bridgehead atoms. The van der Waals surface area contributed by atoms with Crippen molar-refractivity contribution in [2.45, 2.75) is 0 Å². The summed E-state index contributed by atoms with van der Waals surface area (Å²) in [6.07, 6.45) is 0. The normalized spacial score (nSPS) is 8.67. The fraction of sp³-hybridized carbons (Fsp3) is 0. The van der Waals surface area contributed by atoms with Crippen LogP contribution in [-0.4, -0.2) is 11.0 Å². The number of benzene rings is 2. The Kier molecular flexibility index (Phi) is 10.3. The van der Waals surface area contributed by atoms with Crippen LogP contribution in [0.3, 0.4) is 0 Å². The number of carboxylic acid groups (broad SMARTS) is 1. The quantitative estimate of drug-likeness (QED) is 0.439. The summed E-state index contributed by atoms with van der Waals surface area (Å²) in [7, 11) is 0. The number of aromatic carboxylic acids is 1. The molecule has 6 heteroatoms. The molecule has 1 aromatic heterocycles. The Morgan fingerprint density at radius 1 is 0.875 bits per heavy atom. The van der Waals surface area contributed by atoms with Crippen molar-refractivity contribution in [1.29, 1.82) is 0 Å². The first-order valence-electron chi connectivity index (χ1n) is 6.59. The molecule has 0 aliphatic rings. The molecule has 0 amide bonds. The first-order chi connectivity index (χ1) is 10.7. The van der Waals surface area contributed by atoms with Crippen LogP contribution in [0.2, 0.25) is 0 Å². The summed E-state index contributed by atoms with van der Waals surface area (Å²) in [6, 6.07) is 25.2. The van der Waals surface area contributed by atoms with E-state index in [1.165, 1.54) is 29.3 Å². The maximum Gasteiger partial charge on any atom is 2.00 e. The van der Waals surface area contributed by atoms with Crippen LogP contribution in [0.5, 0.6) is 0 Å². The van der Waals surface area contributed by atoms with Gasteiger partial charge < -0.3 is 27.3 Å². The van der Waals surface area contributed by atoms with E-state index in [0.29, 0.717) is 0 Å². The molecule has 2 aromatic carbocycles. The zero-order valence-corrected chi connectivity index (χ0v) is 15.7. The molecule has 4 nitrogen and oxygen atoms in total. The fourth-order valence-corrected chi connectivity index (χ4v) is 1.78. The molecule has 0 atom stereocenters. The molecule has 3 rings (SSSR count). The van der Waals surface area contributed by atoms with Crippen molar-refractivity contribution in [3.05, 3.63) is 94.9 Å². The van der Waals surface area contributed by atoms with E-state index in [2.05, 4.69) is 35.3 Å². The van der Waals surface area contributed by atoms with Crippen molar-refractivity contribution in [3.63, 3.8) is 0 Å². The van der Waals surface area contributed by atoms with E-state index in [1.807, 2.05) is 30.3 Å².